The molecule has 0 bridgehead atoms. The van der Waals surface area contributed by atoms with Crippen LogP contribution in [0.15, 0.2) is 0 Å². The molecule has 72 valence electrons. The predicted octanol–water partition coefficient (Wildman–Crippen LogP) is 1.14. The Bertz CT molecular complexity index is 145. The summed E-state index contributed by atoms with van der Waals surface area (Å²) in [4.78, 5) is 13.1. The first kappa shape index (κ1) is 11.4. The molecular weight excluding hydrogens is 154 g/mol. The van der Waals surface area contributed by atoms with Gasteiger partial charge in [0.05, 0.1) is 13.0 Å². The van der Waals surface area contributed by atoms with Crippen molar-refractivity contribution in [2.24, 2.45) is 5.92 Å². The third-order valence-corrected chi connectivity index (χ3v) is 2.18. The number of esters is 1. The van der Waals surface area contributed by atoms with Crippen molar-refractivity contribution in [1.29, 1.82) is 0 Å². The van der Waals surface area contributed by atoms with Gasteiger partial charge in [0.1, 0.15) is 0 Å². The van der Waals surface area contributed by atoms with Crippen molar-refractivity contribution in [2.75, 3.05) is 21.2 Å². The first-order valence-electron chi connectivity index (χ1n) is 4.23. The molecule has 0 N–H and O–H groups in total. The summed E-state index contributed by atoms with van der Waals surface area (Å²) in [5, 5.41) is 0. The summed E-state index contributed by atoms with van der Waals surface area (Å²) in [5.74, 6) is -0.129. The molecule has 0 aromatic carbocycles. The molecule has 3 nitrogen and oxygen atoms in total. The Hall–Kier alpha value is -0.570. The van der Waals surface area contributed by atoms with E-state index in [0.29, 0.717) is 6.04 Å². The normalized spacial score (nSPS) is 15.8. The van der Waals surface area contributed by atoms with E-state index in [4.69, 9.17) is 0 Å². The molecule has 2 atom stereocenters. The maximum absolute atomic E-state index is 11.0. The van der Waals surface area contributed by atoms with Crippen LogP contribution >= 0.6 is 0 Å². The number of carbonyl (C=O) groups is 1. The maximum atomic E-state index is 11.0. The van der Waals surface area contributed by atoms with Crippen LogP contribution in [0, 0.1) is 5.92 Å². The maximum Gasteiger partial charge on any atom is 0.308 e. The SMILES string of the molecule is COC(=O)C(C)CC(C)N(C)C. The molecule has 0 aliphatic heterocycles. The lowest BCUT2D eigenvalue weighted by molar-refractivity contribution is -0.145. The lowest BCUT2D eigenvalue weighted by Crippen LogP contribution is -2.29. The molecule has 0 aromatic rings. The summed E-state index contributed by atoms with van der Waals surface area (Å²) in [5.41, 5.74) is 0. The van der Waals surface area contributed by atoms with Crippen LogP contribution < -0.4 is 0 Å². The largest absolute Gasteiger partial charge is 0.469 e. The van der Waals surface area contributed by atoms with Crippen LogP contribution in [0.3, 0.4) is 0 Å². The van der Waals surface area contributed by atoms with E-state index >= 15 is 0 Å². The molecule has 0 aliphatic carbocycles. The average Bonchev–Trinajstić information content (AvgIpc) is 2.02. The highest BCUT2D eigenvalue weighted by atomic mass is 16.5. The Morgan fingerprint density at radius 1 is 1.42 bits per heavy atom. The van der Waals surface area contributed by atoms with Gasteiger partial charge in [-0.15, -0.1) is 0 Å². The number of hydrogen-bond donors (Lipinski definition) is 0. The van der Waals surface area contributed by atoms with Crippen molar-refractivity contribution in [3.63, 3.8) is 0 Å². The summed E-state index contributed by atoms with van der Waals surface area (Å²) in [7, 11) is 5.45. The summed E-state index contributed by atoms with van der Waals surface area (Å²) in [6, 6.07) is 0.416. The molecule has 0 rings (SSSR count). The number of rotatable bonds is 4. The van der Waals surface area contributed by atoms with Gasteiger partial charge in [0.15, 0.2) is 0 Å². The second kappa shape index (κ2) is 5.14. The monoisotopic (exact) mass is 173 g/mol. The van der Waals surface area contributed by atoms with Crippen molar-refractivity contribution >= 4 is 5.97 Å². The van der Waals surface area contributed by atoms with Gasteiger partial charge in [0, 0.05) is 6.04 Å². The Kier molecular flexibility index (Phi) is 4.90. The summed E-state index contributed by atoms with van der Waals surface area (Å²) in [6.45, 7) is 3.99. The molecular formula is C9H19NO2. The average molecular weight is 173 g/mol. The third kappa shape index (κ3) is 3.72. The molecule has 3 heteroatoms. The highest BCUT2D eigenvalue weighted by Crippen LogP contribution is 2.10. The van der Waals surface area contributed by atoms with E-state index in [9.17, 15) is 4.79 Å². The standard InChI is InChI=1S/C9H19NO2/c1-7(9(11)12-5)6-8(2)10(3)4/h7-8H,6H2,1-5H3. The van der Waals surface area contributed by atoms with Gasteiger partial charge in [-0.3, -0.25) is 4.79 Å². The lowest BCUT2D eigenvalue weighted by atomic mass is 10.0. The number of ether oxygens (including phenoxy) is 1. The van der Waals surface area contributed by atoms with Crippen molar-refractivity contribution in [3.05, 3.63) is 0 Å². The van der Waals surface area contributed by atoms with Crippen LogP contribution in [0.2, 0.25) is 0 Å². The van der Waals surface area contributed by atoms with Crippen LogP contribution in [-0.4, -0.2) is 38.1 Å². The van der Waals surface area contributed by atoms with Crippen LogP contribution in [0.5, 0.6) is 0 Å². The molecule has 0 saturated carbocycles. The molecule has 0 fully saturated rings. The van der Waals surface area contributed by atoms with Crippen molar-refractivity contribution in [3.8, 4) is 0 Å². The van der Waals surface area contributed by atoms with Gasteiger partial charge in [0.25, 0.3) is 0 Å². The van der Waals surface area contributed by atoms with Crippen LogP contribution in [0.4, 0.5) is 0 Å². The van der Waals surface area contributed by atoms with E-state index in [1.54, 1.807) is 0 Å². The van der Waals surface area contributed by atoms with Gasteiger partial charge in [-0.2, -0.15) is 0 Å². The fourth-order valence-electron chi connectivity index (χ4n) is 1.02. The highest BCUT2D eigenvalue weighted by Gasteiger charge is 2.17. The topological polar surface area (TPSA) is 29.5 Å². The molecule has 0 radical (unpaired) electrons. The Morgan fingerprint density at radius 3 is 2.25 bits per heavy atom. The van der Waals surface area contributed by atoms with Crippen molar-refractivity contribution < 1.29 is 9.53 Å². The quantitative estimate of drug-likeness (QED) is 0.597. The summed E-state index contributed by atoms with van der Waals surface area (Å²) < 4.78 is 4.64. The molecule has 12 heavy (non-hydrogen) atoms. The minimum Gasteiger partial charge on any atom is -0.469 e. The Labute approximate surface area is 74.7 Å². The van der Waals surface area contributed by atoms with E-state index < -0.39 is 0 Å². The molecule has 0 spiro atoms. The number of nitrogens with zero attached hydrogens (tertiary/aromatic N) is 1. The fraction of sp³-hybridized carbons (Fsp3) is 0.889. The molecule has 2 unspecified atom stereocenters. The van der Waals surface area contributed by atoms with Crippen molar-refractivity contribution in [1.82, 2.24) is 4.90 Å². The van der Waals surface area contributed by atoms with Gasteiger partial charge in [0.2, 0.25) is 0 Å². The Balaban J connectivity index is 3.83. The van der Waals surface area contributed by atoms with E-state index in [2.05, 4.69) is 16.6 Å². The molecule has 0 heterocycles. The minimum atomic E-state index is -0.122. The molecule has 0 saturated heterocycles. The second-order valence-corrected chi connectivity index (χ2v) is 3.47. The van der Waals surface area contributed by atoms with E-state index in [-0.39, 0.29) is 11.9 Å². The van der Waals surface area contributed by atoms with Crippen LogP contribution in [0.1, 0.15) is 20.3 Å². The zero-order chi connectivity index (χ0) is 9.72. The predicted molar refractivity (Wildman–Crippen MR) is 48.9 cm³/mol. The minimum absolute atomic E-state index is 0.00704. The first-order valence-corrected chi connectivity index (χ1v) is 4.23. The second-order valence-electron chi connectivity index (χ2n) is 3.47. The lowest BCUT2D eigenvalue weighted by Gasteiger charge is -2.21. The van der Waals surface area contributed by atoms with E-state index in [1.807, 2.05) is 21.0 Å². The van der Waals surface area contributed by atoms with Gasteiger partial charge in [-0.25, -0.2) is 0 Å². The van der Waals surface area contributed by atoms with Gasteiger partial charge in [-0.05, 0) is 27.4 Å². The fourth-order valence-corrected chi connectivity index (χ4v) is 1.02. The van der Waals surface area contributed by atoms with E-state index in [1.165, 1.54) is 7.11 Å². The van der Waals surface area contributed by atoms with E-state index in [0.717, 1.165) is 6.42 Å². The number of carbonyl (C=O) groups excluding carboxylic acids is 1. The Morgan fingerprint density at radius 2 is 1.92 bits per heavy atom. The third-order valence-electron chi connectivity index (χ3n) is 2.18. The van der Waals surface area contributed by atoms with Gasteiger partial charge in [-0.1, -0.05) is 6.92 Å². The van der Waals surface area contributed by atoms with Gasteiger partial charge >= 0.3 is 5.97 Å². The molecule has 0 aromatic heterocycles. The number of methoxy groups -OCH3 is 1. The van der Waals surface area contributed by atoms with Gasteiger partial charge < -0.3 is 9.64 Å². The first-order chi connectivity index (χ1) is 5.49. The van der Waals surface area contributed by atoms with Crippen molar-refractivity contribution in [2.45, 2.75) is 26.3 Å². The zero-order valence-corrected chi connectivity index (χ0v) is 8.63. The highest BCUT2D eigenvalue weighted by molar-refractivity contribution is 5.71. The summed E-state index contributed by atoms with van der Waals surface area (Å²) >= 11 is 0. The van der Waals surface area contributed by atoms with Crippen LogP contribution in [0.25, 0.3) is 0 Å². The summed E-state index contributed by atoms with van der Waals surface area (Å²) in [6.07, 6.45) is 0.847. The number of hydrogen-bond acceptors (Lipinski definition) is 3. The smallest absolute Gasteiger partial charge is 0.308 e. The molecule has 0 aliphatic rings. The zero-order valence-electron chi connectivity index (χ0n) is 8.63. The van der Waals surface area contributed by atoms with Crippen LogP contribution in [-0.2, 0) is 9.53 Å². The molecule has 0 amide bonds.